The van der Waals surface area contributed by atoms with Crippen molar-refractivity contribution in [1.29, 1.82) is 0 Å². The molecular formula is C20H26N6O3. The van der Waals surface area contributed by atoms with Crippen LogP contribution in [0.2, 0.25) is 0 Å². The molecule has 0 saturated carbocycles. The Morgan fingerprint density at radius 1 is 1.45 bits per heavy atom. The SMILES string of the molecule is CCCC[C@@H](CN(O)C=O)C(=O)N1CCC[C@H]1c1nc2cc3cn[nH]c3cc2[nH]1. The topological polar surface area (TPSA) is 118 Å². The molecule has 0 radical (unpaired) electrons. The molecule has 1 aliphatic rings. The molecule has 3 aromatic rings. The molecule has 2 amide bonds. The number of benzene rings is 1. The first-order valence-electron chi connectivity index (χ1n) is 10.1. The molecule has 0 bridgehead atoms. The molecule has 2 aromatic heterocycles. The van der Waals surface area contributed by atoms with Gasteiger partial charge in [-0.2, -0.15) is 5.10 Å². The van der Waals surface area contributed by atoms with Crippen molar-refractivity contribution in [3.8, 4) is 0 Å². The quantitative estimate of drug-likeness (QED) is 0.306. The molecular weight excluding hydrogens is 372 g/mol. The van der Waals surface area contributed by atoms with Crippen LogP contribution < -0.4 is 0 Å². The predicted octanol–water partition coefficient (Wildman–Crippen LogP) is 2.76. The van der Waals surface area contributed by atoms with Crippen LogP contribution in [0.15, 0.2) is 18.3 Å². The van der Waals surface area contributed by atoms with E-state index >= 15 is 0 Å². The van der Waals surface area contributed by atoms with Gasteiger partial charge in [-0.15, -0.1) is 0 Å². The van der Waals surface area contributed by atoms with Crippen LogP contribution in [-0.2, 0) is 9.59 Å². The molecule has 0 spiro atoms. The number of carbonyl (C=O) groups excluding carboxylic acids is 2. The minimum Gasteiger partial charge on any atom is -0.340 e. The minimum atomic E-state index is -0.417. The predicted molar refractivity (Wildman–Crippen MR) is 107 cm³/mol. The summed E-state index contributed by atoms with van der Waals surface area (Å²) in [5, 5.41) is 18.2. The fourth-order valence-corrected chi connectivity index (χ4v) is 4.19. The highest BCUT2D eigenvalue weighted by Gasteiger charge is 2.36. The lowest BCUT2D eigenvalue weighted by Gasteiger charge is -2.29. The van der Waals surface area contributed by atoms with E-state index in [0.29, 0.717) is 24.4 Å². The average molecular weight is 398 g/mol. The zero-order valence-corrected chi connectivity index (χ0v) is 16.5. The van der Waals surface area contributed by atoms with E-state index in [0.717, 1.165) is 53.4 Å². The van der Waals surface area contributed by atoms with Crippen LogP contribution in [0.1, 0.15) is 50.9 Å². The highest BCUT2D eigenvalue weighted by molar-refractivity contribution is 5.92. The summed E-state index contributed by atoms with van der Waals surface area (Å²) in [6.07, 6.45) is 6.31. The van der Waals surface area contributed by atoms with Crippen LogP contribution in [-0.4, -0.2) is 60.7 Å². The summed E-state index contributed by atoms with van der Waals surface area (Å²) in [6, 6.07) is 3.83. The van der Waals surface area contributed by atoms with Crippen LogP contribution in [0.3, 0.4) is 0 Å². The number of imidazole rings is 1. The van der Waals surface area contributed by atoms with Crippen molar-refractivity contribution in [2.45, 2.75) is 45.1 Å². The minimum absolute atomic E-state index is 0.0173. The number of hydrogen-bond donors (Lipinski definition) is 3. The Hall–Kier alpha value is -2.94. The van der Waals surface area contributed by atoms with Gasteiger partial charge in [0.05, 0.1) is 41.3 Å². The highest BCUT2D eigenvalue weighted by Crippen LogP contribution is 2.34. The zero-order valence-electron chi connectivity index (χ0n) is 16.5. The number of unbranched alkanes of at least 4 members (excludes halogenated alkanes) is 1. The van der Waals surface area contributed by atoms with Gasteiger partial charge in [0.2, 0.25) is 12.3 Å². The number of nitrogens with zero attached hydrogens (tertiary/aromatic N) is 4. The number of rotatable bonds is 8. The first-order chi connectivity index (χ1) is 14.1. The van der Waals surface area contributed by atoms with Crippen LogP contribution in [0, 0.1) is 5.92 Å². The molecule has 154 valence electrons. The van der Waals surface area contributed by atoms with Crippen molar-refractivity contribution in [2.24, 2.45) is 5.92 Å². The van der Waals surface area contributed by atoms with E-state index in [1.165, 1.54) is 0 Å². The Balaban J connectivity index is 1.59. The second kappa shape index (κ2) is 8.20. The van der Waals surface area contributed by atoms with Gasteiger partial charge >= 0.3 is 0 Å². The monoisotopic (exact) mass is 398 g/mol. The molecule has 1 saturated heterocycles. The number of aromatic amines is 2. The molecule has 2 atom stereocenters. The van der Waals surface area contributed by atoms with Gasteiger partial charge in [-0.05, 0) is 31.4 Å². The molecule has 3 heterocycles. The second-order valence-corrected chi connectivity index (χ2v) is 7.70. The summed E-state index contributed by atoms with van der Waals surface area (Å²) in [4.78, 5) is 34.1. The molecule has 1 aliphatic heterocycles. The van der Waals surface area contributed by atoms with Gasteiger partial charge in [0.25, 0.3) is 0 Å². The van der Waals surface area contributed by atoms with Gasteiger partial charge in [0, 0.05) is 11.9 Å². The zero-order chi connectivity index (χ0) is 20.4. The van der Waals surface area contributed by atoms with Crippen LogP contribution >= 0.6 is 0 Å². The highest BCUT2D eigenvalue weighted by atomic mass is 16.5. The molecule has 29 heavy (non-hydrogen) atoms. The molecule has 0 unspecified atom stereocenters. The van der Waals surface area contributed by atoms with Crippen LogP contribution in [0.4, 0.5) is 0 Å². The largest absolute Gasteiger partial charge is 0.340 e. The van der Waals surface area contributed by atoms with E-state index in [-0.39, 0.29) is 18.5 Å². The molecule has 3 N–H and O–H groups in total. The van der Waals surface area contributed by atoms with Crippen molar-refractivity contribution in [3.63, 3.8) is 0 Å². The molecule has 4 rings (SSSR count). The van der Waals surface area contributed by atoms with Crippen molar-refractivity contribution < 1.29 is 14.8 Å². The van der Waals surface area contributed by atoms with Crippen molar-refractivity contribution >= 4 is 34.3 Å². The first kappa shape index (κ1) is 19.4. The number of carbonyl (C=O) groups is 2. The van der Waals surface area contributed by atoms with E-state index in [1.54, 1.807) is 6.20 Å². The summed E-state index contributed by atoms with van der Waals surface area (Å²) >= 11 is 0. The maximum Gasteiger partial charge on any atom is 0.233 e. The van der Waals surface area contributed by atoms with Crippen LogP contribution in [0.25, 0.3) is 21.9 Å². The Kier molecular flexibility index (Phi) is 5.48. The normalized spacial score (nSPS) is 17.9. The number of aromatic nitrogens is 4. The summed E-state index contributed by atoms with van der Waals surface area (Å²) in [5.41, 5.74) is 2.68. The van der Waals surface area contributed by atoms with E-state index in [1.807, 2.05) is 17.0 Å². The lowest BCUT2D eigenvalue weighted by atomic mass is 9.99. The second-order valence-electron chi connectivity index (χ2n) is 7.70. The summed E-state index contributed by atoms with van der Waals surface area (Å²) in [7, 11) is 0. The molecule has 1 aromatic carbocycles. The third-order valence-electron chi connectivity index (χ3n) is 5.70. The summed E-state index contributed by atoms with van der Waals surface area (Å²) in [6.45, 7) is 2.73. The van der Waals surface area contributed by atoms with Crippen LogP contribution in [0.5, 0.6) is 0 Å². The van der Waals surface area contributed by atoms with Gasteiger partial charge in [0.15, 0.2) is 0 Å². The van der Waals surface area contributed by atoms with Gasteiger partial charge in [-0.3, -0.25) is 19.9 Å². The maximum absolute atomic E-state index is 13.3. The number of amides is 2. The first-order valence-corrected chi connectivity index (χ1v) is 10.1. The third kappa shape index (κ3) is 3.82. The number of likely N-dealkylation sites (tertiary alicyclic amines) is 1. The number of hydrogen-bond acceptors (Lipinski definition) is 5. The van der Waals surface area contributed by atoms with Gasteiger partial charge in [-0.1, -0.05) is 19.8 Å². The van der Waals surface area contributed by atoms with E-state index < -0.39 is 5.92 Å². The number of fused-ring (bicyclic) bond motifs is 2. The molecule has 0 aliphatic carbocycles. The molecule has 9 heteroatoms. The fourth-order valence-electron chi connectivity index (χ4n) is 4.19. The number of nitrogens with one attached hydrogen (secondary N) is 2. The van der Waals surface area contributed by atoms with E-state index in [2.05, 4.69) is 22.1 Å². The van der Waals surface area contributed by atoms with Gasteiger partial charge in [0.1, 0.15) is 5.82 Å². The lowest BCUT2D eigenvalue weighted by molar-refractivity contribution is -0.157. The van der Waals surface area contributed by atoms with Gasteiger partial charge < -0.3 is 9.88 Å². The number of hydroxylamine groups is 2. The number of H-pyrrole nitrogens is 2. The Bertz CT molecular complexity index is 964. The van der Waals surface area contributed by atoms with Crippen molar-refractivity contribution in [1.82, 2.24) is 30.1 Å². The summed E-state index contributed by atoms with van der Waals surface area (Å²) in [5.74, 6) is 0.329. The Morgan fingerprint density at radius 2 is 2.31 bits per heavy atom. The molecule has 1 fully saturated rings. The Labute approximate surface area is 168 Å². The Morgan fingerprint density at radius 3 is 3.10 bits per heavy atom. The van der Waals surface area contributed by atoms with Gasteiger partial charge in [-0.25, -0.2) is 10.0 Å². The summed E-state index contributed by atoms with van der Waals surface area (Å²) < 4.78 is 0. The third-order valence-corrected chi connectivity index (χ3v) is 5.70. The van der Waals surface area contributed by atoms with E-state index in [9.17, 15) is 14.8 Å². The lowest BCUT2D eigenvalue weighted by Crippen LogP contribution is -2.40. The van der Waals surface area contributed by atoms with E-state index in [4.69, 9.17) is 4.98 Å². The average Bonchev–Trinajstić information content (AvgIpc) is 3.46. The fraction of sp³-hybridized carbons (Fsp3) is 0.500. The smallest absolute Gasteiger partial charge is 0.233 e. The molecule has 9 nitrogen and oxygen atoms in total. The van der Waals surface area contributed by atoms with Crippen molar-refractivity contribution in [2.75, 3.05) is 13.1 Å². The standard InChI is InChI=1S/C20H26N6O3/c1-2-3-5-13(11-25(29)12-27)20(28)26-7-4-6-18(26)19-22-16-8-14-10-21-24-15(14)9-17(16)23-19/h8-10,12-13,18,29H,2-7,11H2,1H3,(H,21,24)(H,22,23)/t13-,18-/m0/s1. The maximum atomic E-state index is 13.3. The van der Waals surface area contributed by atoms with Crippen molar-refractivity contribution in [3.05, 3.63) is 24.2 Å².